The smallest absolute Gasteiger partial charge is 0.323 e. The van der Waals surface area contributed by atoms with Gasteiger partial charge in [-0.1, -0.05) is 18.2 Å². The summed E-state index contributed by atoms with van der Waals surface area (Å²) in [5.41, 5.74) is 4.46. The van der Waals surface area contributed by atoms with Crippen LogP contribution in [0.5, 0.6) is 0 Å². The predicted octanol–water partition coefficient (Wildman–Crippen LogP) is 5.03. The summed E-state index contributed by atoms with van der Waals surface area (Å²) in [7, 11) is 0. The van der Waals surface area contributed by atoms with Gasteiger partial charge in [0.1, 0.15) is 0 Å². The summed E-state index contributed by atoms with van der Waals surface area (Å²) in [5.74, 6) is 0. The molecule has 134 valence electrons. The second-order valence-electron chi connectivity index (χ2n) is 6.13. The molecule has 2 aromatic carbocycles. The monoisotopic (exact) mass is 348 g/mol. The number of urea groups is 1. The number of aromatic nitrogens is 1. The predicted molar refractivity (Wildman–Crippen MR) is 109 cm³/mol. The number of hydrogen-bond donors (Lipinski definition) is 2. The number of rotatable bonds is 5. The lowest BCUT2D eigenvalue weighted by Gasteiger charge is -2.22. The summed E-state index contributed by atoms with van der Waals surface area (Å²) in [4.78, 5) is 19.1. The van der Waals surface area contributed by atoms with E-state index >= 15 is 0 Å². The SMILES string of the molecule is CCN(CC)c1ccc(NC(=O)Nc2cccc3cccnc23)c(C)c1. The molecule has 0 saturated carbocycles. The van der Waals surface area contributed by atoms with Gasteiger partial charge < -0.3 is 15.5 Å². The Kier molecular flexibility index (Phi) is 5.37. The minimum atomic E-state index is -0.276. The molecule has 0 spiro atoms. The number of para-hydroxylation sites is 1. The highest BCUT2D eigenvalue weighted by atomic mass is 16.2. The van der Waals surface area contributed by atoms with Crippen molar-refractivity contribution in [1.29, 1.82) is 0 Å². The number of pyridine rings is 1. The van der Waals surface area contributed by atoms with Crippen LogP contribution < -0.4 is 15.5 Å². The van der Waals surface area contributed by atoms with E-state index < -0.39 is 0 Å². The summed E-state index contributed by atoms with van der Waals surface area (Å²) in [6, 6.07) is 15.4. The molecule has 2 N–H and O–H groups in total. The normalized spacial score (nSPS) is 10.6. The zero-order valence-electron chi connectivity index (χ0n) is 15.4. The zero-order chi connectivity index (χ0) is 18.5. The first kappa shape index (κ1) is 17.7. The van der Waals surface area contributed by atoms with Gasteiger partial charge in [-0.2, -0.15) is 0 Å². The summed E-state index contributed by atoms with van der Waals surface area (Å²) < 4.78 is 0. The largest absolute Gasteiger partial charge is 0.372 e. The van der Waals surface area contributed by atoms with Crippen molar-refractivity contribution in [2.24, 2.45) is 0 Å². The van der Waals surface area contributed by atoms with Crippen molar-refractivity contribution in [3.63, 3.8) is 0 Å². The minimum absolute atomic E-state index is 0.276. The van der Waals surface area contributed by atoms with Crippen molar-refractivity contribution in [1.82, 2.24) is 4.98 Å². The minimum Gasteiger partial charge on any atom is -0.372 e. The van der Waals surface area contributed by atoms with E-state index in [0.29, 0.717) is 5.69 Å². The van der Waals surface area contributed by atoms with Gasteiger partial charge in [0.15, 0.2) is 0 Å². The fraction of sp³-hybridized carbons (Fsp3) is 0.238. The molecule has 3 aromatic rings. The number of aryl methyl sites for hydroxylation is 1. The van der Waals surface area contributed by atoms with Crippen molar-refractivity contribution in [3.8, 4) is 0 Å². The molecule has 0 radical (unpaired) electrons. The number of benzene rings is 2. The maximum absolute atomic E-state index is 12.4. The van der Waals surface area contributed by atoms with Gasteiger partial charge in [0.25, 0.3) is 0 Å². The summed E-state index contributed by atoms with van der Waals surface area (Å²) >= 11 is 0. The van der Waals surface area contributed by atoms with Gasteiger partial charge in [-0.05, 0) is 56.7 Å². The Balaban J connectivity index is 1.76. The summed E-state index contributed by atoms with van der Waals surface area (Å²) in [6.07, 6.45) is 1.72. The van der Waals surface area contributed by atoms with Gasteiger partial charge in [0.2, 0.25) is 0 Å². The standard InChI is InChI=1S/C21H24N4O/c1-4-25(5-2)17-11-12-18(15(3)14-17)23-21(26)24-19-10-6-8-16-9-7-13-22-20(16)19/h6-14H,4-5H2,1-3H3,(H2,23,24,26). The van der Waals surface area contributed by atoms with Crippen molar-refractivity contribution in [2.45, 2.75) is 20.8 Å². The molecule has 0 bridgehead atoms. The van der Waals surface area contributed by atoms with Crippen LogP contribution in [0, 0.1) is 6.92 Å². The average molecular weight is 348 g/mol. The molecule has 26 heavy (non-hydrogen) atoms. The maximum Gasteiger partial charge on any atom is 0.323 e. The average Bonchev–Trinajstić information content (AvgIpc) is 2.65. The molecule has 1 heterocycles. The van der Waals surface area contributed by atoms with Crippen LogP contribution in [-0.4, -0.2) is 24.1 Å². The summed E-state index contributed by atoms with van der Waals surface area (Å²) in [6.45, 7) is 8.18. The fourth-order valence-corrected chi connectivity index (χ4v) is 3.05. The number of nitrogens with one attached hydrogen (secondary N) is 2. The van der Waals surface area contributed by atoms with Crippen LogP contribution >= 0.6 is 0 Å². The second kappa shape index (κ2) is 7.87. The van der Waals surface area contributed by atoms with E-state index in [0.717, 1.165) is 40.9 Å². The molecule has 0 atom stereocenters. The van der Waals surface area contributed by atoms with E-state index in [4.69, 9.17) is 0 Å². The third-order valence-corrected chi connectivity index (χ3v) is 4.47. The van der Waals surface area contributed by atoms with Crippen LogP contribution in [0.1, 0.15) is 19.4 Å². The molecule has 2 amide bonds. The maximum atomic E-state index is 12.4. The number of nitrogens with zero attached hydrogens (tertiary/aromatic N) is 2. The first-order valence-electron chi connectivity index (χ1n) is 8.89. The molecule has 0 aliphatic rings. The van der Waals surface area contributed by atoms with Crippen molar-refractivity contribution >= 4 is 34.0 Å². The Morgan fingerprint density at radius 1 is 1.00 bits per heavy atom. The number of carbonyl (C=O) groups excluding carboxylic acids is 1. The molecular weight excluding hydrogens is 324 g/mol. The molecule has 5 heteroatoms. The molecule has 0 saturated heterocycles. The lowest BCUT2D eigenvalue weighted by atomic mass is 10.1. The van der Waals surface area contributed by atoms with Gasteiger partial charge in [-0.25, -0.2) is 4.79 Å². The quantitative estimate of drug-likeness (QED) is 0.679. The van der Waals surface area contributed by atoms with E-state index in [9.17, 15) is 4.79 Å². The Labute approximate surface area is 154 Å². The Hall–Kier alpha value is -3.08. The summed E-state index contributed by atoms with van der Waals surface area (Å²) in [5, 5.41) is 6.82. The molecule has 0 unspecified atom stereocenters. The second-order valence-corrected chi connectivity index (χ2v) is 6.13. The van der Waals surface area contributed by atoms with Gasteiger partial charge in [0.05, 0.1) is 11.2 Å². The van der Waals surface area contributed by atoms with E-state index in [1.165, 1.54) is 0 Å². The van der Waals surface area contributed by atoms with Gasteiger partial charge in [0, 0.05) is 36.0 Å². The van der Waals surface area contributed by atoms with E-state index in [-0.39, 0.29) is 6.03 Å². The number of hydrogen-bond acceptors (Lipinski definition) is 3. The van der Waals surface area contributed by atoms with E-state index in [2.05, 4.69) is 40.4 Å². The van der Waals surface area contributed by atoms with Crippen molar-refractivity contribution < 1.29 is 4.79 Å². The molecule has 0 fully saturated rings. The van der Waals surface area contributed by atoms with Gasteiger partial charge in [-0.15, -0.1) is 0 Å². The van der Waals surface area contributed by atoms with E-state index in [1.807, 2.05) is 49.4 Å². The lowest BCUT2D eigenvalue weighted by molar-refractivity contribution is 0.262. The van der Waals surface area contributed by atoms with Crippen molar-refractivity contribution in [3.05, 3.63) is 60.3 Å². The fourth-order valence-electron chi connectivity index (χ4n) is 3.05. The lowest BCUT2D eigenvalue weighted by Crippen LogP contribution is -2.23. The van der Waals surface area contributed by atoms with Crippen LogP contribution in [0.4, 0.5) is 21.9 Å². The van der Waals surface area contributed by atoms with Crippen molar-refractivity contribution in [2.75, 3.05) is 28.6 Å². The van der Waals surface area contributed by atoms with Crippen LogP contribution in [0.2, 0.25) is 0 Å². The molecule has 0 aliphatic carbocycles. The van der Waals surface area contributed by atoms with Crippen LogP contribution in [0.3, 0.4) is 0 Å². The first-order chi connectivity index (χ1) is 12.6. The van der Waals surface area contributed by atoms with Crippen LogP contribution in [0.15, 0.2) is 54.7 Å². The Morgan fingerprint density at radius 2 is 1.73 bits per heavy atom. The Bertz CT molecular complexity index is 914. The Morgan fingerprint density at radius 3 is 2.46 bits per heavy atom. The van der Waals surface area contributed by atoms with Gasteiger partial charge >= 0.3 is 6.03 Å². The third-order valence-electron chi connectivity index (χ3n) is 4.47. The molecule has 3 rings (SSSR count). The molecular formula is C21H24N4O. The number of amides is 2. The number of carbonyl (C=O) groups is 1. The topological polar surface area (TPSA) is 57.3 Å². The zero-order valence-corrected chi connectivity index (χ0v) is 15.4. The van der Waals surface area contributed by atoms with Crippen LogP contribution in [-0.2, 0) is 0 Å². The number of fused-ring (bicyclic) bond motifs is 1. The first-order valence-corrected chi connectivity index (χ1v) is 8.89. The van der Waals surface area contributed by atoms with E-state index in [1.54, 1.807) is 6.20 Å². The molecule has 5 nitrogen and oxygen atoms in total. The highest BCUT2D eigenvalue weighted by Crippen LogP contribution is 2.24. The third kappa shape index (κ3) is 3.77. The van der Waals surface area contributed by atoms with Gasteiger partial charge in [-0.3, -0.25) is 4.98 Å². The molecule has 0 aliphatic heterocycles. The number of anilines is 3. The van der Waals surface area contributed by atoms with Crippen LogP contribution in [0.25, 0.3) is 10.9 Å². The highest BCUT2D eigenvalue weighted by molar-refractivity contribution is 6.05. The highest BCUT2D eigenvalue weighted by Gasteiger charge is 2.10. The molecule has 1 aromatic heterocycles.